The van der Waals surface area contributed by atoms with E-state index in [1.807, 2.05) is 32.9 Å². The molecule has 0 aliphatic heterocycles. The van der Waals surface area contributed by atoms with Gasteiger partial charge in [0.25, 0.3) is 11.5 Å². The van der Waals surface area contributed by atoms with Gasteiger partial charge in [-0.25, -0.2) is 4.98 Å². The number of amides is 1. The van der Waals surface area contributed by atoms with Crippen molar-refractivity contribution in [1.82, 2.24) is 25.1 Å². The lowest BCUT2D eigenvalue weighted by molar-refractivity contribution is 0.0936. The quantitative estimate of drug-likeness (QED) is 0.736. The van der Waals surface area contributed by atoms with Crippen LogP contribution in [0, 0.1) is 13.8 Å². The van der Waals surface area contributed by atoms with Crippen molar-refractivity contribution in [3.8, 4) is 11.1 Å². The summed E-state index contributed by atoms with van der Waals surface area (Å²) in [6.07, 6.45) is 3.06. The zero-order valence-electron chi connectivity index (χ0n) is 15.0. The predicted molar refractivity (Wildman–Crippen MR) is 98.9 cm³/mol. The molecule has 26 heavy (non-hydrogen) atoms. The fourth-order valence-electron chi connectivity index (χ4n) is 2.73. The minimum Gasteiger partial charge on any atom is -0.348 e. The lowest BCUT2D eigenvalue weighted by atomic mass is 10.0. The van der Waals surface area contributed by atoms with Gasteiger partial charge in [-0.2, -0.15) is 5.10 Å². The maximum atomic E-state index is 12.5. The SMILES string of the molecule is Cc1cc(-c2cccc(C(=O)N[C@H](C)Cn3cncn3)c2)c(=O)[nH]c1C. The number of rotatable bonds is 5. The Kier molecular flexibility index (Phi) is 4.97. The summed E-state index contributed by atoms with van der Waals surface area (Å²) in [5.41, 5.74) is 3.45. The second-order valence-corrected chi connectivity index (χ2v) is 6.39. The molecule has 0 bridgehead atoms. The number of aromatic amines is 1. The van der Waals surface area contributed by atoms with Crippen molar-refractivity contribution in [2.45, 2.75) is 33.4 Å². The lowest BCUT2D eigenvalue weighted by Crippen LogP contribution is -2.35. The van der Waals surface area contributed by atoms with Crippen LogP contribution >= 0.6 is 0 Å². The first-order valence-corrected chi connectivity index (χ1v) is 8.38. The third-order valence-corrected chi connectivity index (χ3v) is 4.24. The van der Waals surface area contributed by atoms with Gasteiger partial charge in [0, 0.05) is 22.9 Å². The van der Waals surface area contributed by atoms with E-state index in [2.05, 4.69) is 20.4 Å². The second kappa shape index (κ2) is 7.35. The molecular formula is C19H21N5O2. The highest BCUT2D eigenvalue weighted by molar-refractivity contribution is 5.95. The van der Waals surface area contributed by atoms with Crippen molar-refractivity contribution in [3.63, 3.8) is 0 Å². The maximum absolute atomic E-state index is 12.5. The van der Waals surface area contributed by atoms with Crippen LogP contribution in [0.3, 0.4) is 0 Å². The van der Waals surface area contributed by atoms with Crippen LogP contribution in [0.1, 0.15) is 28.5 Å². The highest BCUT2D eigenvalue weighted by atomic mass is 16.1. The molecule has 1 atom stereocenters. The number of carbonyl (C=O) groups excluding carboxylic acids is 1. The highest BCUT2D eigenvalue weighted by Crippen LogP contribution is 2.19. The van der Waals surface area contributed by atoms with Gasteiger partial charge < -0.3 is 10.3 Å². The van der Waals surface area contributed by atoms with E-state index in [4.69, 9.17) is 0 Å². The first-order valence-electron chi connectivity index (χ1n) is 8.38. The van der Waals surface area contributed by atoms with Crippen LogP contribution in [0.25, 0.3) is 11.1 Å². The van der Waals surface area contributed by atoms with Crippen LogP contribution in [0.4, 0.5) is 0 Å². The molecule has 3 rings (SSSR count). The molecule has 7 nitrogen and oxygen atoms in total. The normalized spacial score (nSPS) is 12.0. The Labute approximate surface area is 151 Å². The molecule has 0 aliphatic carbocycles. The fraction of sp³-hybridized carbons (Fsp3) is 0.263. The Bertz CT molecular complexity index is 976. The lowest BCUT2D eigenvalue weighted by Gasteiger charge is -2.14. The van der Waals surface area contributed by atoms with Gasteiger partial charge in [0.2, 0.25) is 0 Å². The molecule has 0 saturated carbocycles. The molecule has 0 radical (unpaired) electrons. The van der Waals surface area contributed by atoms with Crippen LogP contribution in [-0.2, 0) is 6.54 Å². The topological polar surface area (TPSA) is 92.7 Å². The number of hydrogen-bond donors (Lipinski definition) is 2. The van der Waals surface area contributed by atoms with Gasteiger partial charge in [-0.1, -0.05) is 12.1 Å². The molecule has 0 aliphatic rings. The zero-order valence-corrected chi connectivity index (χ0v) is 15.0. The average molecular weight is 351 g/mol. The summed E-state index contributed by atoms with van der Waals surface area (Å²) in [5.74, 6) is -0.195. The summed E-state index contributed by atoms with van der Waals surface area (Å²) in [4.78, 5) is 31.5. The Morgan fingerprint density at radius 1 is 1.31 bits per heavy atom. The number of pyridine rings is 1. The summed E-state index contributed by atoms with van der Waals surface area (Å²) < 4.78 is 1.66. The number of nitrogens with one attached hydrogen (secondary N) is 2. The summed E-state index contributed by atoms with van der Waals surface area (Å²) >= 11 is 0. The van der Waals surface area contributed by atoms with E-state index >= 15 is 0 Å². The molecule has 0 unspecified atom stereocenters. The van der Waals surface area contributed by atoms with Crippen molar-refractivity contribution >= 4 is 5.91 Å². The summed E-state index contributed by atoms with van der Waals surface area (Å²) in [6, 6.07) is 8.81. The minimum absolute atomic E-state index is 0.113. The van der Waals surface area contributed by atoms with Crippen molar-refractivity contribution < 1.29 is 4.79 Å². The standard InChI is InChI=1S/C19H21N5O2/c1-12-7-17(19(26)23-14(12)3)15-5-4-6-16(8-15)18(25)22-13(2)9-24-11-20-10-21-24/h4-8,10-11,13H,9H2,1-3H3,(H,22,25)(H,23,26)/t13-/m1/s1. The zero-order chi connectivity index (χ0) is 18.7. The molecule has 3 aromatic rings. The van der Waals surface area contributed by atoms with Crippen LogP contribution in [0.5, 0.6) is 0 Å². The van der Waals surface area contributed by atoms with Crippen molar-refractivity contribution in [2.24, 2.45) is 0 Å². The van der Waals surface area contributed by atoms with Gasteiger partial charge in [0.05, 0.1) is 6.54 Å². The van der Waals surface area contributed by atoms with E-state index in [1.165, 1.54) is 6.33 Å². The molecule has 2 aromatic heterocycles. The highest BCUT2D eigenvalue weighted by Gasteiger charge is 2.13. The summed E-state index contributed by atoms with van der Waals surface area (Å²) in [7, 11) is 0. The van der Waals surface area contributed by atoms with Crippen molar-refractivity contribution in [2.75, 3.05) is 0 Å². The molecule has 2 heterocycles. The van der Waals surface area contributed by atoms with Crippen molar-refractivity contribution in [3.05, 3.63) is 70.2 Å². The molecule has 7 heteroatoms. The number of hydrogen-bond acceptors (Lipinski definition) is 4. The molecule has 134 valence electrons. The third-order valence-electron chi connectivity index (χ3n) is 4.24. The van der Waals surface area contributed by atoms with Gasteiger partial charge >= 0.3 is 0 Å². The van der Waals surface area contributed by atoms with Gasteiger partial charge in [0.1, 0.15) is 12.7 Å². The van der Waals surface area contributed by atoms with Gasteiger partial charge in [-0.3, -0.25) is 14.3 Å². The number of aromatic nitrogens is 4. The monoisotopic (exact) mass is 351 g/mol. The van der Waals surface area contributed by atoms with E-state index in [1.54, 1.807) is 29.2 Å². The Hall–Kier alpha value is -3.22. The average Bonchev–Trinajstić information content (AvgIpc) is 3.11. The minimum atomic E-state index is -0.195. The molecule has 1 amide bonds. The largest absolute Gasteiger partial charge is 0.348 e. The second-order valence-electron chi connectivity index (χ2n) is 6.39. The maximum Gasteiger partial charge on any atom is 0.256 e. The van der Waals surface area contributed by atoms with E-state index < -0.39 is 0 Å². The predicted octanol–water partition coefficient (Wildman–Crippen LogP) is 2.07. The molecule has 0 spiro atoms. The number of H-pyrrole nitrogens is 1. The van der Waals surface area contributed by atoms with E-state index in [9.17, 15) is 9.59 Å². The van der Waals surface area contributed by atoms with Gasteiger partial charge in [-0.15, -0.1) is 0 Å². The van der Waals surface area contributed by atoms with Crippen LogP contribution < -0.4 is 10.9 Å². The van der Waals surface area contributed by atoms with Crippen molar-refractivity contribution in [1.29, 1.82) is 0 Å². The first kappa shape index (κ1) is 17.6. The summed E-state index contributed by atoms with van der Waals surface area (Å²) in [5, 5.41) is 6.97. The third kappa shape index (κ3) is 3.88. The van der Waals surface area contributed by atoms with E-state index in [0.717, 1.165) is 11.3 Å². The van der Waals surface area contributed by atoms with Crippen LogP contribution in [0.2, 0.25) is 0 Å². The Morgan fingerprint density at radius 2 is 2.12 bits per heavy atom. The van der Waals surface area contributed by atoms with Gasteiger partial charge in [0.15, 0.2) is 0 Å². The Balaban J connectivity index is 1.79. The Morgan fingerprint density at radius 3 is 2.85 bits per heavy atom. The van der Waals surface area contributed by atoms with Gasteiger partial charge in [-0.05, 0) is 50.1 Å². The molecule has 2 N–H and O–H groups in total. The number of nitrogens with zero attached hydrogens (tertiary/aromatic N) is 3. The first-order chi connectivity index (χ1) is 12.4. The summed E-state index contributed by atoms with van der Waals surface area (Å²) in [6.45, 7) is 6.23. The molecular weight excluding hydrogens is 330 g/mol. The van der Waals surface area contributed by atoms with Crippen LogP contribution in [0.15, 0.2) is 47.8 Å². The smallest absolute Gasteiger partial charge is 0.256 e. The van der Waals surface area contributed by atoms with E-state index in [-0.39, 0.29) is 17.5 Å². The molecule has 1 aromatic carbocycles. The fourth-order valence-corrected chi connectivity index (χ4v) is 2.73. The number of aryl methyl sites for hydroxylation is 2. The number of benzene rings is 1. The van der Waals surface area contributed by atoms with E-state index in [0.29, 0.717) is 23.2 Å². The van der Waals surface area contributed by atoms with Crippen LogP contribution in [-0.4, -0.2) is 31.7 Å². The number of carbonyl (C=O) groups is 1. The molecule has 0 saturated heterocycles. The molecule has 0 fully saturated rings.